The summed E-state index contributed by atoms with van der Waals surface area (Å²) in [6, 6.07) is 5.86. The molecule has 1 aromatic carbocycles. The Morgan fingerprint density at radius 2 is 1.70 bits per heavy atom. The third kappa shape index (κ3) is 9.43. The molecule has 5 heterocycles. The molecule has 8 rings (SSSR count). The second kappa shape index (κ2) is 16.7. The summed E-state index contributed by atoms with van der Waals surface area (Å²) in [5.74, 6) is -3.57. The maximum absolute atomic E-state index is 13.4. The first-order chi connectivity index (χ1) is 27.0. The number of hydrogen-bond acceptors (Lipinski definition) is 9. The van der Waals surface area contributed by atoms with Crippen LogP contribution in [-0.4, -0.2) is 121 Å². The fourth-order valence-corrected chi connectivity index (χ4v) is 8.37. The zero-order valence-corrected chi connectivity index (χ0v) is 32.2. The first-order valence-corrected chi connectivity index (χ1v) is 19.3. The summed E-state index contributed by atoms with van der Waals surface area (Å²) in [5.41, 5.74) is 3.61. The minimum Gasteiger partial charge on any atom is -0.469 e. The van der Waals surface area contributed by atoms with Gasteiger partial charge in [0.05, 0.1) is 69.6 Å². The van der Waals surface area contributed by atoms with Gasteiger partial charge in [0.1, 0.15) is 11.2 Å². The van der Waals surface area contributed by atoms with Crippen molar-refractivity contribution in [2.45, 2.75) is 83.2 Å². The predicted octanol–water partition coefficient (Wildman–Crippen LogP) is 3.22. The number of methoxy groups -OCH3 is 1. The molecule has 3 N–H and O–H groups in total. The topological polar surface area (TPSA) is 175 Å². The Hall–Kier alpha value is -4.58. The van der Waals surface area contributed by atoms with E-state index in [1.165, 1.54) is 41.2 Å². The average Bonchev–Trinajstić information content (AvgIpc) is 3.71. The summed E-state index contributed by atoms with van der Waals surface area (Å²) in [6.07, 6.45) is 3.26. The van der Waals surface area contributed by atoms with Gasteiger partial charge in [-0.05, 0) is 63.1 Å². The Morgan fingerprint density at radius 3 is 2.28 bits per heavy atom. The van der Waals surface area contributed by atoms with Crippen LogP contribution in [0.1, 0.15) is 74.2 Å². The standard InChI is InChI=1S/C23H23F4N5O3.C16H27NO5/c24-16-3-1-14(2-4-16)8-32-9-15(7-29-32)19(34)30-10-17(18(28)33)21(11-30)12-31(13-21)20(35)22(5-6-22)23(25,26)27;1-12(9-14(18)17-8-5-15(19)20-2)21-10-16-6-3-13(4-7-16)22-11-16/h1-4,7,9,17H,5-6,8,10-13H2,(H2,28,33);12-13H,3-11H2,1-2H3,(H,17,18). The first kappa shape index (κ1) is 42.0. The van der Waals surface area contributed by atoms with E-state index >= 15 is 0 Å². The van der Waals surface area contributed by atoms with Crippen LogP contribution in [0.4, 0.5) is 17.6 Å². The quantitative estimate of drug-likeness (QED) is 0.228. The van der Waals surface area contributed by atoms with Crippen LogP contribution < -0.4 is 11.1 Å². The third-order valence-electron chi connectivity index (χ3n) is 12.1. The lowest BCUT2D eigenvalue weighted by Gasteiger charge is -2.51. The molecule has 4 amide bonds. The van der Waals surface area contributed by atoms with Crippen LogP contribution in [0.25, 0.3) is 0 Å². The van der Waals surface area contributed by atoms with Crippen molar-refractivity contribution in [3.8, 4) is 0 Å². The number of nitrogens with two attached hydrogens (primary N) is 1. The number of nitrogens with one attached hydrogen (secondary N) is 1. The number of carbonyl (C=O) groups excluding carboxylic acids is 5. The van der Waals surface area contributed by atoms with E-state index in [2.05, 4.69) is 15.2 Å². The molecule has 2 unspecified atom stereocenters. The van der Waals surface area contributed by atoms with Crippen LogP contribution in [-0.2, 0) is 39.9 Å². The van der Waals surface area contributed by atoms with Gasteiger partial charge in [0, 0.05) is 49.8 Å². The van der Waals surface area contributed by atoms with Crippen molar-refractivity contribution >= 4 is 29.6 Å². The smallest absolute Gasteiger partial charge is 0.403 e. The van der Waals surface area contributed by atoms with E-state index in [4.69, 9.17) is 15.2 Å². The van der Waals surface area contributed by atoms with Gasteiger partial charge in [-0.3, -0.25) is 28.7 Å². The molecule has 6 aliphatic rings. The maximum atomic E-state index is 13.4. The normalized spacial score (nSPS) is 24.5. The largest absolute Gasteiger partial charge is 0.469 e. The number of likely N-dealkylation sites (tertiary alicyclic amines) is 2. The van der Waals surface area contributed by atoms with Crippen molar-refractivity contribution in [3.05, 3.63) is 53.6 Å². The Kier molecular flexibility index (Phi) is 12.3. The van der Waals surface area contributed by atoms with Gasteiger partial charge in [0.25, 0.3) is 5.91 Å². The highest BCUT2D eigenvalue weighted by molar-refractivity contribution is 5.95. The van der Waals surface area contributed by atoms with E-state index in [1.807, 2.05) is 6.92 Å². The predicted molar refractivity (Wildman–Crippen MR) is 193 cm³/mol. The maximum Gasteiger partial charge on any atom is 0.403 e. The monoisotopic (exact) mass is 806 g/mol. The van der Waals surface area contributed by atoms with Crippen LogP contribution in [0, 0.1) is 28.0 Å². The SMILES string of the molecule is COC(=O)CCNC(=O)CC(C)OCC12CCC(CC1)OC2.NC(=O)C1CN(C(=O)c2cnn(Cc3ccc(F)cc3)c2)CC12CN(C(=O)C1(C(F)(F)F)CC1)C2. The number of ether oxygens (including phenoxy) is 3. The molecule has 1 aromatic heterocycles. The number of esters is 1. The van der Waals surface area contributed by atoms with Crippen LogP contribution in [0.2, 0.25) is 0 Å². The second-order valence-corrected chi connectivity index (χ2v) is 16.3. The van der Waals surface area contributed by atoms with E-state index in [0.29, 0.717) is 32.2 Å². The number of benzene rings is 1. The molecule has 312 valence electrons. The highest BCUT2D eigenvalue weighted by Gasteiger charge is 2.71. The van der Waals surface area contributed by atoms with Crippen molar-refractivity contribution in [1.82, 2.24) is 24.9 Å². The van der Waals surface area contributed by atoms with Crippen LogP contribution >= 0.6 is 0 Å². The van der Waals surface area contributed by atoms with Gasteiger partial charge in [0.2, 0.25) is 17.7 Å². The number of nitrogens with zero attached hydrogens (tertiary/aromatic N) is 4. The minimum atomic E-state index is -4.61. The Morgan fingerprint density at radius 1 is 1.04 bits per heavy atom. The number of hydrogen-bond donors (Lipinski definition) is 2. The molecule has 18 heteroatoms. The molecule has 2 aromatic rings. The molecule has 57 heavy (non-hydrogen) atoms. The minimum absolute atomic E-state index is 0.0176. The summed E-state index contributed by atoms with van der Waals surface area (Å²) >= 11 is 0. The van der Waals surface area contributed by atoms with E-state index in [9.17, 15) is 41.5 Å². The lowest BCUT2D eigenvalue weighted by molar-refractivity contribution is -0.205. The van der Waals surface area contributed by atoms with Crippen molar-refractivity contribution in [2.75, 3.05) is 53.0 Å². The van der Waals surface area contributed by atoms with Gasteiger partial charge in [-0.1, -0.05) is 12.1 Å². The lowest BCUT2D eigenvalue weighted by Crippen LogP contribution is -2.65. The molecule has 4 saturated heterocycles. The van der Waals surface area contributed by atoms with Gasteiger partial charge in [-0.15, -0.1) is 0 Å². The van der Waals surface area contributed by atoms with Crippen molar-refractivity contribution in [3.63, 3.8) is 0 Å². The summed E-state index contributed by atoms with van der Waals surface area (Å²) in [4.78, 5) is 63.1. The molecule has 2 bridgehead atoms. The second-order valence-electron chi connectivity index (χ2n) is 16.3. The molecule has 2 atom stereocenters. The number of carbonyl (C=O) groups is 5. The number of aromatic nitrogens is 2. The molecule has 14 nitrogen and oxygen atoms in total. The Balaban J connectivity index is 0.000000215. The molecule has 2 aliphatic carbocycles. The van der Waals surface area contributed by atoms with E-state index < -0.39 is 40.6 Å². The molecular formula is C39H50F4N6O8. The number of rotatable bonds is 13. The zero-order chi connectivity index (χ0) is 41.2. The number of amides is 4. The third-order valence-corrected chi connectivity index (χ3v) is 12.1. The van der Waals surface area contributed by atoms with Gasteiger partial charge in [-0.2, -0.15) is 18.3 Å². The molecule has 2 saturated carbocycles. The molecular weight excluding hydrogens is 756 g/mol. The van der Waals surface area contributed by atoms with Crippen LogP contribution in [0.15, 0.2) is 36.7 Å². The van der Waals surface area contributed by atoms with Gasteiger partial charge >= 0.3 is 12.1 Å². The van der Waals surface area contributed by atoms with Crippen LogP contribution in [0.3, 0.4) is 0 Å². The molecule has 4 aliphatic heterocycles. The molecule has 6 fully saturated rings. The van der Waals surface area contributed by atoms with Crippen LogP contribution in [0.5, 0.6) is 0 Å². The molecule has 0 radical (unpaired) electrons. The van der Waals surface area contributed by atoms with E-state index in [-0.39, 0.29) is 80.2 Å². The molecule has 1 spiro atoms. The van der Waals surface area contributed by atoms with Crippen molar-refractivity contribution in [2.24, 2.45) is 27.9 Å². The highest BCUT2D eigenvalue weighted by atomic mass is 19.4. The van der Waals surface area contributed by atoms with E-state index in [0.717, 1.165) is 42.8 Å². The van der Waals surface area contributed by atoms with Gasteiger partial charge in [-0.25, -0.2) is 4.39 Å². The van der Waals surface area contributed by atoms with Gasteiger partial charge in [0.15, 0.2) is 0 Å². The number of halogens is 4. The van der Waals surface area contributed by atoms with Crippen molar-refractivity contribution < 1.29 is 55.7 Å². The summed E-state index contributed by atoms with van der Waals surface area (Å²) in [7, 11) is 1.34. The number of alkyl halides is 3. The fourth-order valence-electron chi connectivity index (χ4n) is 8.37. The zero-order valence-electron chi connectivity index (χ0n) is 32.2. The fraction of sp³-hybridized carbons (Fsp3) is 0.641. The average molecular weight is 807 g/mol. The summed E-state index contributed by atoms with van der Waals surface area (Å²) in [5, 5.41) is 6.87. The first-order valence-electron chi connectivity index (χ1n) is 19.3. The Labute approximate surface area is 327 Å². The highest BCUT2D eigenvalue weighted by Crippen LogP contribution is 2.60. The lowest BCUT2D eigenvalue weighted by atomic mass is 9.70. The Bertz CT molecular complexity index is 1790. The summed E-state index contributed by atoms with van der Waals surface area (Å²) < 4.78 is 70.9. The van der Waals surface area contributed by atoms with E-state index in [1.54, 1.807) is 12.1 Å². The van der Waals surface area contributed by atoms with Crippen molar-refractivity contribution in [1.29, 1.82) is 0 Å². The number of fused-ring (bicyclic) bond motifs is 3. The van der Waals surface area contributed by atoms with Gasteiger partial charge < -0.3 is 35.1 Å². The summed E-state index contributed by atoms with van der Waals surface area (Å²) in [6.45, 7) is 4.00. The number of primary amides is 1.